The number of hydrogen-bond donors (Lipinski definition) is 0. The predicted octanol–water partition coefficient (Wildman–Crippen LogP) is 23.6. The number of carbonyl (C=O) groups excluding carboxylic acids is 3. The first-order chi connectivity index (χ1) is 37.5. The van der Waals surface area contributed by atoms with Crippen molar-refractivity contribution >= 4 is 17.9 Å². The zero-order valence-corrected chi connectivity index (χ0v) is 51.8. The molecule has 0 aromatic carbocycles. The van der Waals surface area contributed by atoms with Crippen molar-refractivity contribution in [2.24, 2.45) is 0 Å². The van der Waals surface area contributed by atoms with Gasteiger partial charge in [0, 0.05) is 19.3 Å². The van der Waals surface area contributed by atoms with Crippen LogP contribution in [0.2, 0.25) is 0 Å². The molecule has 0 saturated carbocycles. The van der Waals surface area contributed by atoms with E-state index in [0.717, 1.165) is 57.8 Å². The third kappa shape index (κ3) is 63.0. The first-order valence-electron chi connectivity index (χ1n) is 34.7. The molecule has 6 heteroatoms. The van der Waals surface area contributed by atoms with E-state index >= 15 is 0 Å². The van der Waals surface area contributed by atoms with Gasteiger partial charge in [-0.3, -0.25) is 14.4 Å². The lowest BCUT2D eigenvalue weighted by Gasteiger charge is -2.18. The maximum absolute atomic E-state index is 12.9. The van der Waals surface area contributed by atoms with E-state index in [9.17, 15) is 14.4 Å². The molecule has 76 heavy (non-hydrogen) atoms. The summed E-state index contributed by atoms with van der Waals surface area (Å²) >= 11 is 0. The van der Waals surface area contributed by atoms with E-state index in [4.69, 9.17) is 14.2 Å². The van der Waals surface area contributed by atoms with E-state index in [1.54, 1.807) is 0 Å². The zero-order chi connectivity index (χ0) is 55.0. The molecule has 0 saturated heterocycles. The van der Waals surface area contributed by atoms with Crippen LogP contribution < -0.4 is 0 Å². The van der Waals surface area contributed by atoms with Crippen LogP contribution >= 0.6 is 0 Å². The SMILES string of the molecule is CCCCCCCC/C=C\CCCCCCCCCCCC(=O)OC(COC(=O)CCCCCCCCCCCCCCCCC)COC(=O)CCCCCCCCCCCCCCCCCCCCCCCCCC. The van der Waals surface area contributed by atoms with Gasteiger partial charge in [0.15, 0.2) is 6.10 Å². The summed E-state index contributed by atoms with van der Waals surface area (Å²) in [5.41, 5.74) is 0. The lowest BCUT2D eigenvalue weighted by atomic mass is 10.0. The van der Waals surface area contributed by atoms with Crippen molar-refractivity contribution in [1.82, 2.24) is 0 Å². The number of esters is 3. The summed E-state index contributed by atoms with van der Waals surface area (Å²) in [5, 5.41) is 0. The fourth-order valence-electron chi connectivity index (χ4n) is 10.8. The maximum Gasteiger partial charge on any atom is 0.306 e. The molecule has 0 radical (unpaired) electrons. The van der Waals surface area contributed by atoms with Crippen molar-refractivity contribution in [3.63, 3.8) is 0 Å². The van der Waals surface area contributed by atoms with Crippen LogP contribution in [0.4, 0.5) is 0 Å². The van der Waals surface area contributed by atoms with E-state index in [2.05, 4.69) is 32.9 Å². The number of hydrogen-bond acceptors (Lipinski definition) is 6. The Morgan fingerprint density at radius 1 is 0.250 bits per heavy atom. The van der Waals surface area contributed by atoms with Gasteiger partial charge in [-0.2, -0.15) is 0 Å². The lowest BCUT2D eigenvalue weighted by molar-refractivity contribution is -0.167. The smallest absolute Gasteiger partial charge is 0.306 e. The molecule has 450 valence electrons. The first-order valence-corrected chi connectivity index (χ1v) is 34.7. The molecule has 0 aliphatic rings. The normalized spacial score (nSPS) is 12.0. The highest BCUT2D eigenvalue weighted by atomic mass is 16.6. The molecule has 0 aliphatic heterocycles. The van der Waals surface area contributed by atoms with E-state index in [1.165, 1.54) is 302 Å². The fraction of sp³-hybridized carbons (Fsp3) is 0.929. The molecule has 1 unspecified atom stereocenters. The van der Waals surface area contributed by atoms with Crippen molar-refractivity contribution in [2.75, 3.05) is 13.2 Å². The quantitative estimate of drug-likeness (QED) is 0.0261. The van der Waals surface area contributed by atoms with Crippen molar-refractivity contribution < 1.29 is 28.6 Å². The van der Waals surface area contributed by atoms with Gasteiger partial charge in [-0.25, -0.2) is 0 Å². The largest absolute Gasteiger partial charge is 0.462 e. The minimum atomic E-state index is -0.767. The summed E-state index contributed by atoms with van der Waals surface area (Å²) in [6, 6.07) is 0. The molecule has 0 amide bonds. The summed E-state index contributed by atoms with van der Waals surface area (Å²) in [6.45, 7) is 6.73. The second-order valence-electron chi connectivity index (χ2n) is 23.8. The van der Waals surface area contributed by atoms with Crippen molar-refractivity contribution in [3.8, 4) is 0 Å². The molecule has 0 rings (SSSR count). The van der Waals surface area contributed by atoms with Gasteiger partial charge in [0.05, 0.1) is 0 Å². The van der Waals surface area contributed by atoms with Gasteiger partial charge in [0.25, 0.3) is 0 Å². The van der Waals surface area contributed by atoms with Crippen LogP contribution in [0.3, 0.4) is 0 Å². The van der Waals surface area contributed by atoms with Gasteiger partial charge < -0.3 is 14.2 Å². The highest BCUT2D eigenvalue weighted by Gasteiger charge is 2.19. The van der Waals surface area contributed by atoms with Gasteiger partial charge in [0.2, 0.25) is 0 Å². The fourth-order valence-corrected chi connectivity index (χ4v) is 10.8. The highest BCUT2D eigenvalue weighted by molar-refractivity contribution is 5.71. The molecule has 0 heterocycles. The molecule has 1 atom stereocenters. The van der Waals surface area contributed by atoms with E-state index in [-0.39, 0.29) is 31.1 Å². The number of allylic oxidation sites excluding steroid dienone is 2. The van der Waals surface area contributed by atoms with Crippen LogP contribution in [-0.4, -0.2) is 37.2 Å². The summed E-state index contributed by atoms with van der Waals surface area (Å²) < 4.78 is 17.0. The second kappa shape index (κ2) is 65.7. The van der Waals surface area contributed by atoms with Crippen molar-refractivity contribution in [2.45, 2.75) is 406 Å². The summed E-state index contributed by atoms with van der Waals surface area (Å²) in [5.74, 6) is -0.830. The maximum atomic E-state index is 12.9. The van der Waals surface area contributed by atoms with Gasteiger partial charge >= 0.3 is 17.9 Å². The minimum absolute atomic E-state index is 0.0638. The molecule has 6 nitrogen and oxygen atoms in total. The molecular weight excluding hydrogens is 937 g/mol. The Bertz CT molecular complexity index is 1180. The average Bonchev–Trinajstić information content (AvgIpc) is 3.42. The monoisotopic (exact) mass is 1070 g/mol. The lowest BCUT2D eigenvalue weighted by Crippen LogP contribution is -2.30. The summed E-state index contributed by atoms with van der Waals surface area (Å²) in [6.07, 6.45) is 78.0. The summed E-state index contributed by atoms with van der Waals surface area (Å²) in [7, 11) is 0. The number of unbranched alkanes of at least 4 members (excludes halogenated alkanes) is 52. The molecule has 0 aromatic rings. The standard InChI is InChI=1S/C70H134O6/c1-4-7-10-13-16-19-22-25-28-30-32-33-34-35-36-38-39-42-45-48-51-54-57-60-63-69(72)75-66-67(65-74-68(71)62-59-56-53-50-47-44-41-27-24-21-18-15-12-9-6-3)76-70(73)64-61-58-55-52-49-46-43-40-37-31-29-26-23-20-17-14-11-8-5-2/h26,29,67H,4-25,27-28,30-66H2,1-3H3/b29-26-. The van der Waals surface area contributed by atoms with Crippen LogP contribution in [-0.2, 0) is 28.6 Å². The van der Waals surface area contributed by atoms with Gasteiger partial charge in [-0.15, -0.1) is 0 Å². The molecule has 0 aromatic heterocycles. The van der Waals surface area contributed by atoms with Gasteiger partial charge in [-0.1, -0.05) is 348 Å². The Kier molecular flexibility index (Phi) is 64.1. The minimum Gasteiger partial charge on any atom is -0.462 e. The van der Waals surface area contributed by atoms with Crippen LogP contribution in [0.5, 0.6) is 0 Å². The number of rotatable bonds is 65. The summed E-state index contributed by atoms with van der Waals surface area (Å²) in [4.78, 5) is 38.4. The molecule has 0 spiro atoms. The molecule has 0 fully saturated rings. The van der Waals surface area contributed by atoms with Crippen LogP contribution in [0.25, 0.3) is 0 Å². The van der Waals surface area contributed by atoms with Crippen molar-refractivity contribution in [1.29, 1.82) is 0 Å². The van der Waals surface area contributed by atoms with Crippen LogP contribution in [0, 0.1) is 0 Å². The van der Waals surface area contributed by atoms with Gasteiger partial charge in [0.1, 0.15) is 13.2 Å². The van der Waals surface area contributed by atoms with Gasteiger partial charge in [-0.05, 0) is 44.9 Å². The van der Waals surface area contributed by atoms with E-state index in [0.29, 0.717) is 19.3 Å². The van der Waals surface area contributed by atoms with Crippen molar-refractivity contribution in [3.05, 3.63) is 12.2 Å². The third-order valence-electron chi connectivity index (χ3n) is 16.0. The molecule has 0 bridgehead atoms. The van der Waals surface area contributed by atoms with Crippen LogP contribution in [0.1, 0.15) is 400 Å². The van der Waals surface area contributed by atoms with E-state index < -0.39 is 6.10 Å². The average molecular weight is 1070 g/mol. The topological polar surface area (TPSA) is 78.9 Å². The highest BCUT2D eigenvalue weighted by Crippen LogP contribution is 2.19. The number of carbonyl (C=O) groups is 3. The Morgan fingerprint density at radius 2 is 0.434 bits per heavy atom. The Labute approximate surface area is 475 Å². The molecule has 0 aliphatic carbocycles. The first kappa shape index (κ1) is 74.2. The second-order valence-corrected chi connectivity index (χ2v) is 23.8. The van der Waals surface area contributed by atoms with E-state index in [1.807, 2.05) is 0 Å². The Balaban J connectivity index is 4.24. The third-order valence-corrected chi connectivity index (χ3v) is 16.0. The Morgan fingerprint density at radius 3 is 0.658 bits per heavy atom. The Hall–Kier alpha value is -1.85. The zero-order valence-electron chi connectivity index (χ0n) is 51.8. The molecular formula is C70H134O6. The predicted molar refractivity (Wildman–Crippen MR) is 330 cm³/mol. The molecule has 0 N–H and O–H groups in total. The van der Waals surface area contributed by atoms with Crippen LogP contribution in [0.15, 0.2) is 12.2 Å². The number of ether oxygens (including phenoxy) is 3.